The lowest BCUT2D eigenvalue weighted by Gasteiger charge is -2.17. The van der Waals surface area contributed by atoms with Gasteiger partial charge in [-0.3, -0.25) is 10.2 Å². The van der Waals surface area contributed by atoms with E-state index in [0.29, 0.717) is 10.1 Å². The van der Waals surface area contributed by atoms with E-state index in [4.69, 9.17) is 5.41 Å². The normalized spacial score (nSPS) is 14.1. The van der Waals surface area contributed by atoms with E-state index in [-0.39, 0.29) is 0 Å². The van der Waals surface area contributed by atoms with Gasteiger partial charge in [0.25, 0.3) is 0 Å². The molecule has 3 nitrogen and oxygen atoms in total. The van der Waals surface area contributed by atoms with Gasteiger partial charge in [-0.05, 0) is 84.0 Å². The zero-order valence-electron chi connectivity index (χ0n) is 17.2. The SMILES string of the molecule is C=C(C)c1cc(-c2cccc(/C=C(/C=O)SC(=N)N3CCCC3)c2)ccc1CC. The molecule has 29 heavy (non-hydrogen) atoms. The molecule has 4 heteroatoms. The van der Waals surface area contributed by atoms with E-state index in [9.17, 15) is 4.79 Å². The molecule has 2 aromatic rings. The van der Waals surface area contributed by atoms with Crippen molar-refractivity contribution in [1.82, 2.24) is 4.90 Å². The number of hydrogen-bond donors (Lipinski definition) is 1. The number of benzene rings is 2. The van der Waals surface area contributed by atoms with Crippen LogP contribution in [-0.4, -0.2) is 29.4 Å². The Hall–Kier alpha value is -2.59. The van der Waals surface area contributed by atoms with Gasteiger partial charge < -0.3 is 4.90 Å². The first-order chi connectivity index (χ1) is 14.0. The average molecular weight is 405 g/mol. The number of rotatable bonds is 6. The summed E-state index contributed by atoms with van der Waals surface area (Å²) < 4.78 is 0. The summed E-state index contributed by atoms with van der Waals surface area (Å²) >= 11 is 1.24. The van der Waals surface area contributed by atoms with Crippen LogP contribution in [-0.2, 0) is 11.2 Å². The van der Waals surface area contributed by atoms with Crippen LogP contribution in [0.4, 0.5) is 0 Å². The van der Waals surface area contributed by atoms with Crippen LogP contribution in [0.25, 0.3) is 22.8 Å². The van der Waals surface area contributed by atoms with E-state index in [1.807, 2.05) is 30.0 Å². The number of likely N-dealkylation sites (tertiary alicyclic amines) is 1. The van der Waals surface area contributed by atoms with E-state index in [0.717, 1.165) is 60.9 Å². The minimum Gasteiger partial charge on any atom is -0.351 e. The molecule has 1 fully saturated rings. The van der Waals surface area contributed by atoms with Crippen molar-refractivity contribution in [3.05, 3.63) is 70.6 Å². The van der Waals surface area contributed by atoms with Gasteiger partial charge in [0.1, 0.15) is 0 Å². The number of nitrogens with zero attached hydrogens (tertiary/aromatic N) is 1. The maximum Gasteiger partial charge on any atom is 0.161 e. The van der Waals surface area contributed by atoms with Gasteiger partial charge in [0, 0.05) is 13.1 Å². The van der Waals surface area contributed by atoms with Gasteiger partial charge in [-0.2, -0.15) is 0 Å². The lowest BCUT2D eigenvalue weighted by Crippen LogP contribution is -2.24. The molecule has 1 heterocycles. The molecular formula is C25H28N2OS. The molecule has 1 aliphatic rings. The Labute approximate surface area is 178 Å². The van der Waals surface area contributed by atoms with Gasteiger partial charge in [-0.15, -0.1) is 0 Å². The zero-order chi connectivity index (χ0) is 20.8. The van der Waals surface area contributed by atoms with Crippen LogP contribution in [0.1, 0.15) is 43.4 Å². The maximum atomic E-state index is 11.6. The zero-order valence-corrected chi connectivity index (χ0v) is 18.0. The van der Waals surface area contributed by atoms with Crippen molar-refractivity contribution < 1.29 is 4.79 Å². The predicted octanol–water partition coefficient (Wildman–Crippen LogP) is 6.25. The summed E-state index contributed by atoms with van der Waals surface area (Å²) in [6, 6.07) is 14.7. The molecule has 1 saturated heterocycles. The largest absolute Gasteiger partial charge is 0.351 e. The molecule has 0 aliphatic carbocycles. The molecule has 2 aromatic carbocycles. The molecule has 0 aromatic heterocycles. The third-order valence-electron chi connectivity index (χ3n) is 5.20. The number of aldehydes is 1. The van der Waals surface area contributed by atoms with Gasteiger partial charge in [0.05, 0.1) is 4.91 Å². The van der Waals surface area contributed by atoms with Crippen molar-refractivity contribution in [2.75, 3.05) is 13.1 Å². The van der Waals surface area contributed by atoms with Crippen molar-refractivity contribution in [3.8, 4) is 11.1 Å². The number of aryl methyl sites for hydroxylation is 1. The summed E-state index contributed by atoms with van der Waals surface area (Å²) in [7, 11) is 0. The van der Waals surface area contributed by atoms with Crippen LogP contribution in [0.2, 0.25) is 0 Å². The topological polar surface area (TPSA) is 44.2 Å². The fourth-order valence-electron chi connectivity index (χ4n) is 3.62. The first-order valence-corrected chi connectivity index (χ1v) is 10.9. The highest BCUT2D eigenvalue weighted by atomic mass is 32.2. The molecule has 1 N–H and O–H groups in total. The van der Waals surface area contributed by atoms with Crippen molar-refractivity contribution in [2.24, 2.45) is 0 Å². The van der Waals surface area contributed by atoms with Crippen molar-refractivity contribution in [3.63, 3.8) is 0 Å². The molecular weight excluding hydrogens is 376 g/mol. The highest BCUT2D eigenvalue weighted by Crippen LogP contribution is 2.29. The molecule has 0 spiro atoms. The van der Waals surface area contributed by atoms with Crippen LogP contribution < -0.4 is 0 Å². The number of allylic oxidation sites excluding steroid dienone is 2. The van der Waals surface area contributed by atoms with Crippen molar-refractivity contribution in [2.45, 2.75) is 33.1 Å². The Bertz CT molecular complexity index is 955. The summed E-state index contributed by atoms with van der Waals surface area (Å²) in [6.45, 7) is 10.1. The summed E-state index contributed by atoms with van der Waals surface area (Å²) in [6.07, 6.45) is 5.93. The molecule has 0 unspecified atom stereocenters. The van der Waals surface area contributed by atoms with Gasteiger partial charge >= 0.3 is 0 Å². The minimum absolute atomic E-state index is 0.457. The van der Waals surface area contributed by atoms with Gasteiger partial charge in [-0.1, -0.05) is 49.4 Å². The second-order valence-corrected chi connectivity index (χ2v) is 8.46. The van der Waals surface area contributed by atoms with Crippen LogP contribution in [0.5, 0.6) is 0 Å². The van der Waals surface area contributed by atoms with Crippen molar-refractivity contribution in [1.29, 1.82) is 5.41 Å². The molecule has 150 valence electrons. The highest BCUT2D eigenvalue weighted by Gasteiger charge is 2.16. The van der Waals surface area contributed by atoms with Crippen LogP contribution in [0, 0.1) is 5.41 Å². The highest BCUT2D eigenvalue weighted by molar-refractivity contribution is 8.17. The van der Waals surface area contributed by atoms with Gasteiger partial charge in [-0.25, -0.2) is 0 Å². The third kappa shape index (κ3) is 5.27. The number of carbonyl (C=O) groups excluding carboxylic acids is 1. The fourth-order valence-corrected chi connectivity index (χ4v) is 4.40. The predicted molar refractivity (Wildman–Crippen MR) is 126 cm³/mol. The molecule has 0 saturated carbocycles. The third-order valence-corrected chi connectivity index (χ3v) is 6.10. The Balaban J connectivity index is 1.85. The number of thioether (sulfide) groups is 1. The van der Waals surface area contributed by atoms with Crippen molar-refractivity contribution >= 4 is 34.9 Å². The summed E-state index contributed by atoms with van der Waals surface area (Å²) in [5, 5.41) is 8.70. The maximum absolute atomic E-state index is 11.6. The van der Waals surface area contributed by atoms with E-state index in [1.165, 1.54) is 22.9 Å². The Morgan fingerprint density at radius 3 is 2.55 bits per heavy atom. The molecule has 0 bridgehead atoms. The molecule has 0 atom stereocenters. The number of hydrogen-bond acceptors (Lipinski definition) is 3. The first-order valence-electron chi connectivity index (χ1n) is 10.1. The fraction of sp³-hybridized carbons (Fsp3) is 0.280. The number of amidine groups is 1. The quantitative estimate of drug-likeness (QED) is 0.268. The average Bonchev–Trinajstić information content (AvgIpc) is 3.28. The Morgan fingerprint density at radius 1 is 1.17 bits per heavy atom. The molecule has 3 rings (SSSR count). The van der Waals surface area contributed by atoms with Crippen LogP contribution >= 0.6 is 11.8 Å². The summed E-state index contributed by atoms with van der Waals surface area (Å²) in [5.74, 6) is 0. The second kappa shape index (κ2) is 9.75. The van der Waals surface area contributed by atoms with E-state index < -0.39 is 0 Å². The molecule has 0 amide bonds. The second-order valence-electron chi connectivity index (χ2n) is 7.40. The summed E-state index contributed by atoms with van der Waals surface area (Å²) in [4.78, 5) is 14.2. The molecule has 0 radical (unpaired) electrons. The monoisotopic (exact) mass is 404 g/mol. The molecule has 1 aliphatic heterocycles. The van der Waals surface area contributed by atoms with E-state index in [1.54, 1.807) is 0 Å². The summed E-state index contributed by atoms with van der Waals surface area (Å²) in [5.41, 5.74) is 6.78. The Kier molecular flexibility index (Phi) is 7.10. The van der Waals surface area contributed by atoms with Crippen LogP contribution in [0.3, 0.4) is 0 Å². The Morgan fingerprint density at radius 2 is 1.90 bits per heavy atom. The number of carbonyl (C=O) groups is 1. The van der Waals surface area contributed by atoms with E-state index >= 15 is 0 Å². The first kappa shape index (κ1) is 21.1. The number of nitrogens with one attached hydrogen (secondary N) is 1. The van der Waals surface area contributed by atoms with Gasteiger partial charge in [0.15, 0.2) is 11.5 Å². The van der Waals surface area contributed by atoms with E-state index in [2.05, 4.69) is 43.8 Å². The standard InChI is InChI=1S/C25H28N2OS/c1-4-20-10-11-22(16-24(20)18(2)3)21-9-7-8-19(14-21)15-23(17-28)29-25(26)27-12-5-6-13-27/h7-11,14-17,26H,2,4-6,12-13H2,1,3H3/b23-15-,26-25?. The lowest BCUT2D eigenvalue weighted by atomic mass is 9.94. The lowest BCUT2D eigenvalue weighted by molar-refractivity contribution is -0.104. The van der Waals surface area contributed by atoms with Gasteiger partial charge in [0.2, 0.25) is 0 Å². The smallest absolute Gasteiger partial charge is 0.161 e. The minimum atomic E-state index is 0.457. The van der Waals surface area contributed by atoms with Crippen LogP contribution in [0.15, 0.2) is 53.9 Å².